The minimum absolute atomic E-state index is 0.0278. The van der Waals surface area contributed by atoms with Crippen molar-refractivity contribution in [2.24, 2.45) is 0 Å². The molecule has 0 aliphatic rings. The summed E-state index contributed by atoms with van der Waals surface area (Å²) in [6.45, 7) is 0. The van der Waals surface area contributed by atoms with E-state index in [1.54, 1.807) is 0 Å². The van der Waals surface area contributed by atoms with Crippen LogP contribution in [-0.4, -0.2) is 9.97 Å². The van der Waals surface area contributed by atoms with Gasteiger partial charge in [0, 0.05) is 12.4 Å². The van der Waals surface area contributed by atoms with Crippen molar-refractivity contribution < 1.29 is 2.74 Å². The molecule has 2 nitrogen and oxygen atoms in total. The Morgan fingerprint density at radius 3 is 3.00 bits per heavy atom. The van der Waals surface area contributed by atoms with Gasteiger partial charge in [-0.1, -0.05) is 0 Å². The van der Waals surface area contributed by atoms with Crippen molar-refractivity contribution in [1.82, 2.24) is 9.97 Å². The third-order valence-corrected chi connectivity index (χ3v) is 0.393. The third kappa shape index (κ3) is 0.516. The topological polar surface area (TPSA) is 25.8 Å². The zero-order valence-corrected chi connectivity index (χ0v) is 3.05. The molecule has 2 heteroatoms. The van der Waals surface area contributed by atoms with E-state index in [4.69, 9.17) is 2.74 Å². The van der Waals surface area contributed by atoms with Crippen LogP contribution >= 0.6 is 0 Å². The zero-order chi connectivity index (χ0) is 5.98. The van der Waals surface area contributed by atoms with E-state index in [0.717, 1.165) is 0 Å². The molecule has 0 spiro atoms. The Hall–Kier alpha value is -0.920. The summed E-state index contributed by atoms with van der Waals surface area (Å²) < 4.78 is 13.8. The summed E-state index contributed by atoms with van der Waals surface area (Å²) in [5.74, 6) is 0. The van der Waals surface area contributed by atoms with Crippen molar-refractivity contribution >= 4 is 0 Å². The van der Waals surface area contributed by atoms with Crippen LogP contribution in [0.5, 0.6) is 0 Å². The van der Waals surface area contributed by atoms with Crippen LogP contribution in [0.3, 0.4) is 0 Å². The van der Waals surface area contributed by atoms with E-state index >= 15 is 0 Å². The quantitative estimate of drug-likeness (QED) is 0.455. The van der Waals surface area contributed by atoms with E-state index < -0.39 is 0 Å². The first-order chi connectivity index (χ1) is 3.80. The average molecular weight is 82.1 g/mol. The highest BCUT2D eigenvalue weighted by atomic mass is 14.8. The van der Waals surface area contributed by atoms with E-state index in [9.17, 15) is 0 Å². The van der Waals surface area contributed by atoms with Crippen molar-refractivity contribution in [2.75, 3.05) is 0 Å². The van der Waals surface area contributed by atoms with Gasteiger partial charge < -0.3 is 0 Å². The lowest BCUT2D eigenvalue weighted by Crippen LogP contribution is -1.66. The molecular weight excluding hydrogens is 76.1 g/mol. The van der Waals surface area contributed by atoms with Gasteiger partial charge in [0.2, 0.25) is 0 Å². The fourth-order valence-electron chi connectivity index (χ4n) is 0.199. The average Bonchev–Trinajstić information content (AvgIpc) is 1.77. The van der Waals surface area contributed by atoms with Crippen LogP contribution in [0.25, 0.3) is 0 Å². The molecule has 0 aromatic carbocycles. The van der Waals surface area contributed by atoms with Crippen molar-refractivity contribution in [1.29, 1.82) is 0 Å². The molecule has 0 radical (unpaired) electrons. The number of hydrogen-bond donors (Lipinski definition) is 0. The Morgan fingerprint density at radius 1 is 1.50 bits per heavy atom. The highest BCUT2D eigenvalue weighted by Crippen LogP contribution is 1.66. The SMILES string of the molecule is [2H]c1cncnc1[2H]. The van der Waals surface area contributed by atoms with Gasteiger partial charge in [-0.15, -0.1) is 0 Å². The van der Waals surface area contributed by atoms with Gasteiger partial charge in [0.1, 0.15) is 6.33 Å². The second-order valence-corrected chi connectivity index (χ2v) is 0.779. The van der Waals surface area contributed by atoms with E-state index in [1.165, 1.54) is 12.5 Å². The van der Waals surface area contributed by atoms with Gasteiger partial charge in [0.25, 0.3) is 0 Å². The minimum Gasteiger partial charge on any atom is -0.245 e. The second-order valence-electron chi connectivity index (χ2n) is 0.779. The van der Waals surface area contributed by atoms with Gasteiger partial charge in [-0.2, -0.15) is 0 Å². The molecule has 1 aromatic heterocycles. The zero-order valence-electron chi connectivity index (χ0n) is 5.05. The highest BCUT2D eigenvalue weighted by molar-refractivity contribution is 4.74. The molecule has 0 saturated carbocycles. The van der Waals surface area contributed by atoms with Crippen LogP contribution in [0, 0.1) is 0 Å². The number of nitrogens with zero attached hydrogens (tertiary/aromatic N) is 2. The predicted molar refractivity (Wildman–Crippen MR) is 22.0 cm³/mol. The van der Waals surface area contributed by atoms with Gasteiger partial charge in [0.15, 0.2) is 0 Å². The number of aromatic nitrogens is 2. The molecule has 0 aliphatic heterocycles. The maximum atomic E-state index is 6.91. The minimum atomic E-state index is -0.0278. The molecule has 0 fully saturated rings. The highest BCUT2D eigenvalue weighted by Gasteiger charge is 1.59. The summed E-state index contributed by atoms with van der Waals surface area (Å²) in [5, 5.41) is 0. The Balaban J connectivity index is 3.13. The van der Waals surface area contributed by atoms with Gasteiger partial charge in [0.05, 0.1) is 2.74 Å². The van der Waals surface area contributed by atoms with E-state index in [2.05, 4.69) is 9.97 Å². The second kappa shape index (κ2) is 1.50. The molecule has 30 valence electrons. The first-order valence-electron chi connectivity index (χ1n) is 2.54. The molecule has 6 heavy (non-hydrogen) atoms. The van der Waals surface area contributed by atoms with Crippen LogP contribution in [0.4, 0.5) is 0 Å². The molecule has 1 rings (SSSR count). The van der Waals surface area contributed by atoms with E-state index in [1.807, 2.05) is 0 Å². The van der Waals surface area contributed by atoms with Crippen molar-refractivity contribution in [3.63, 3.8) is 0 Å². The van der Waals surface area contributed by atoms with Crippen molar-refractivity contribution in [3.05, 3.63) is 24.7 Å². The van der Waals surface area contributed by atoms with Crippen LogP contribution in [-0.2, 0) is 0 Å². The van der Waals surface area contributed by atoms with Gasteiger partial charge in [-0.3, -0.25) is 0 Å². The fraction of sp³-hybridized carbons (Fsp3) is 0. The first-order valence-corrected chi connectivity index (χ1v) is 1.54. The number of rotatable bonds is 0. The maximum absolute atomic E-state index is 6.91. The first kappa shape index (κ1) is 1.69. The monoisotopic (exact) mass is 82.1 g/mol. The molecule has 0 amide bonds. The lowest BCUT2D eigenvalue weighted by atomic mass is 10.7. The molecule has 0 unspecified atom stereocenters. The molecule has 0 atom stereocenters. The molecule has 0 aliphatic carbocycles. The van der Waals surface area contributed by atoms with E-state index in [0.29, 0.717) is 0 Å². The summed E-state index contributed by atoms with van der Waals surface area (Å²) in [6, 6.07) is 0.0625. The van der Waals surface area contributed by atoms with Crippen LogP contribution in [0.2, 0.25) is 0 Å². The van der Waals surface area contributed by atoms with Crippen LogP contribution in [0.1, 0.15) is 2.74 Å². The molecule has 0 N–H and O–H groups in total. The Bertz CT molecular complexity index is 168. The van der Waals surface area contributed by atoms with Crippen molar-refractivity contribution in [3.8, 4) is 0 Å². The summed E-state index contributed by atoms with van der Waals surface area (Å²) >= 11 is 0. The normalized spacial score (nSPS) is 12.7. The number of hydrogen-bond acceptors (Lipinski definition) is 2. The summed E-state index contributed by atoms with van der Waals surface area (Å²) in [5.41, 5.74) is 0. The summed E-state index contributed by atoms with van der Waals surface area (Å²) in [6.07, 6.45) is 2.51. The van der Waals surface area contributed by atoms with Crippen LogP contribution < -0.4 is 0 Å². The summed E-state index contributed by atoms with van der Waals surface area (Å²) in [4.78, 5) is 6.97. The van der Waals surface area contributed by atoms with Gasteiger partial charge in [-0.25, -0.2) is 9.97 Å². The van der Waals surface area contributed by atoms with E-state index in [-0.39, 0.29) is 12.2 Å². The lowest BCUT2D eigenvalue weighted by Gasteiger charge is -1.70. The fourth-order valence-corrected chi connectivity index (χ4v) is 0.199. The molecule has 1 heterocycles. The Labute approximate surface area is 38.7 Å². The Kier molecular flexibility index (Phi) is 0.422. The summed E-state index contributed by atoms with van der Waals surface area (Å²) in [7, 11) is 0. The lowest BCUT2D eigenvalue weighted by molar-refractivity contribution is 1.17. The molecular formula is C4H4N2. The molecule has 0 saturated heterocycles. The Morgan fingerprint density at radius 2 is 2.50 bits per heavy atom. The largest absolute Gasteiger partial charge is 0.245 e. The van der Waals surface area contributed by atoms with Crippen molar-refractivity contribution in [2.45, 2.75) is 0 Å². The molecule has 1 aromatic rings. The smallest absolute Gasteiger partial charge is 0.115 e. The standard InChI is InChI=1S/C4H4N2/c1-2-5-4-6-3-1/h1-4H/i1D,2D. The predicted octanol–water partition coefficient (Wildman–Crippen LogP) is 0.477. The third-order valence-electron chi connectivity index (χ3n) is 0.393. The van der Waals surface area contributed by atoms with Gasteiger partial charge >= 0.3 is 0 Å². The maximum Gasteiger partial charge on any atom is 0.115 e. The molecule has 0 bridgehead atoms. The van der Waals surface area contributed by atoms with Crippen LogP contribution in [0.15, 0.2) is 24.7 Å². The van der Waals surface area contributed by atoms with Gasteiger partial charge in [-0.05, 0) is 6.04 Å².